The first-order chi connectivity index (χ1) is 8.05. The summed E-state index contributed by atoms with van der Waals surface area (Å²) in [6.07, 6.45) is 8.83. The minimum atomic E-state index is -0.191. The zero-order valence-electron chi connectivity index (χ0n) is 11.3. The molecule has 2 atom stereocenters. The van der Waals surface area contributed by atoms with Crippen LogP contribution < -0.4 is 5.73 Å². The van der Waals surface area contributed by atoms with E-state index in [1.165, 1.54) is 32.1 Å². The topological polar surface area (TPSA) is 44.5 Å². The van der Waals surface area contributed by atoms with Crippen molar-refractivity contribution in [1.29, 1.82) is 0 Å². The third-order valence-electron chi connectivity index (χ3n) is 4.40. The van der Waals surface area contributed by atoms with E-state index in [4.69, 9.17) is 15.2 Å². The van der Waals surface area contributed by atoms with Crippen molar-refractivity contribution in [1.82, 2.24) is 0 Å². The van der Waals surface area contributed by atoms with Crippen LogP contribution in [0.4, 0.5) is 0 Å². The molecule has 2 unspecified atom stereocenters. The number of hydrogen-bond donors (Lipinski definition) is 1. The molecule has 2 N–H and O–H groups in total. The minimum Gasteiger partial charge on any atom is -0.377 e. The molecule has 0 aromatic rings. The number of ether oxygens (including phenoxy) is 2. The summed E-state index contributed by atoms with van der Waals surface area (Å²) in [7, 11) is 0. The highest BCUT2D eigenvalue weighted by molar-refractivity contribution is 4.92. The molecule has 0 amide bonds. The van der Waals surface area contributed by atoms with Gasteiger partial charge < -0.3 is 15.2 Å². The SMILES string of the molecule is CCC(C)(N)COCC1CCC2(CCCC2)O1. The number of rotatable bonds is 5. The van der Waals surface area contributed by atoms with Crippen molar-refractivity contribution in [2.75, 3.05) is 13.2 Å². The molecular formula is C14H27NO2. The number of hydrogen-bond acceptors (Lipinski definition) is 3. The average molecular weight is 241 g/mol. The second kappa shape index (κ2) is 5.25. The van der Waals surface area contributed by atoms with Crippen molar-refractivity contribution in [3.8, 4) is 0 Å². The fourth-order valence-corrected chi connectivity index (χ4v) is 2.93. The van der Waals surface area contributed by atoms with Crippen LogP contribution in [-0.2, 0) is 9.47 Å². The third-order valence-corrected chi connectivity index (χ3v) is 4.40. The maximum absolute atomic E-state index is 6.19. The lowest BCUT2D eigenvalue weighted by molar-refractivity contribution is -0.0723. The van der Waals surface area contributed by atoms with Crippen LogP contribution in [-0.4, -0.2) is 30.5 Å². The summed E-state index contributed by atoms with van der Waals surface area (Å²) in [6, 6.07) is 0. The summed E-state index contributed by atoms with van der Waals surface area (Å²) in [4.78, 5) is 0. The molecule has 1 saturated heterocycles. The molecule has 1 heterocycles. The molecular weight excluding hydrogens is 214 g/mol. The Balaban J connectivity index is 1.68. The van der Waals surface area contributed by atoms with E-state index < -0.39 is 0 Å². The molecule has 2 aliphatic rings. The summed E-state index contributed by atoms with van der Waals surface area (Å²) in [5.74, 6) is 0. The van der Waals surface area contributed by atoms with Crippen molar-refractivity contribution >= 4 is 0 Å². The monoisotopic (exact) mass is 241 g/mol. The van der Waals surface area contributed by atoms with E-state index in [-0.39, 0.29) is 11.1 Å². The van der Waals surface area contributed by atoms with Gasteiger partial charge in [0.05, 0.1) is 24.9 Å². The van der Waals surface area contributed by atoms with Gasteiger partial charge in [0.2, 0.25) is 0 Å². The van der Waals surface area contributed by atoms with Crippen LogP contribution in [0.2, 0.25) is 0 Å². The van der Waals surface area contributed by atoms with E-state index in [1.54, 1.807) is 0 Å². The molecule has 3 heteroatoms. The first kappa shape index (κ1) is 13.3. The molecule has 100 valence electrons. The predicted octanol–water partition coefficient (Wildman–Crippen LogP) is 2.62. The van der Waals surface area contributed by atoms with Gasteiger partial charge in [-0.15, -0.1) is 0 Å². The van der Waals surface area contributed by atoms with E-state index in [2.05, 4.69) is 6.92 Å². The second-order valence-corrected chi connectivity index (χ2v) is 6.19. The van der Waals surface area contributed by atoms with Crippen LogP contribution in [0.3, 0.4) is 0 Å². The summed E-state index contributed by atoms with van der Waals surface area (Å²) in [5.41, 5.74) is 6.09. The van der Waals surface area contributed by atoms with Crippen LogP contribution in [0.1, 0.15) is 58.8 Å². The van der Waals surface area contributed by atoms with E-state index in [9.17, 15) is 0 Å². The molecule has 0 bridgehead atoms. The van der Waals surface area contributed by atoms with Crippen LogP contribution >= 0.6 is 0 Å². The Kier molecular flexibility index (Phi) is 4.11. The fraction of sp³-hybridized carbons (Fsp3) is 1.00. The van der Waals surface area contributed by atoms with Gasteiger partial charge in [0.15, 0.2) is 0 Å². The summed E-state index contributed by atoms with van der Waals surface area (Å²) >= 11 is 0. The van der Waals surface area contributed by atoms with Gasteiger partial charge in [-0.1, -0.05) is 19.8 Å². The zero-order chi connectivity index (χ0) is 12.4. The first-order valence-corrected chi connectivity index (χ1v) is 7.10. The molecule has 1 aliphatic heterocycles. The van der Waals surface area contributed by atoms with Crippen molar-refractivity contribution in [3.05, 3.63) is 0 Å². The Morgan fingerprint density at radius 1 is 1.35 bits per heavy atom. The quantitative estimate of drug-likeness (QED) is 0.804. The summed E-state index contributed by atoms with van der Waals surface area (Å²) < 4.78 is 11.9. The normalized spacial score (nSPS) is 30.9. The van der Waals surface area contributed by atoms with Gasteiger partial charge in [-0.05, 0) is 39.0 Å². The Labute approximate surface area is 105 Å². The van der Waals surface area contributed by atoms with E-state index in [0.717, 1.165) is 12.8 Å². The van der Waals surface area contributed by atoms with Gasteiger partial charge in [0, 0.05) is 5.54 Å². The van der Waals surface area contributed by atoms with E-state index in [1.807, 2.05) is 6.92 Å². The van der Waals surface area contributed by atoms with Crippen LogP contribution in [0.15, 0.2) is 0 Å². The Morgan fingerprint density at radius 3 is 2.71 bits per heavy atom. The molecule has 3 nitrogen and oxygen atoms in total. The molecule has 2 fully saturated rings. The lowest BCUT2D eigenvalue weighted by Crippen LogP contribution is -2.41. The lowest BCUT2D eigenvalue weighted by atomic mass is 9.98. The van der Waals surface area contributed by atoms with E-state index in [0.29, 0.717) is 19.3 Å². The second-order valence-electron chi connectivity index (χ2n) is 6.19. The van der Waals surface area contributed by atoms with Crippen molar-refractivity contribution < 1.29 is 9.47 Å². The highest BCUT2D eigenvalue weighted by atomic mass is 16.6. The zero-order valence-corrected chi connectivity index (χ0v) is 11.3. The van der Waals surface area contributed by atoms with Gasteiger partial charge in [-0.2, -0.15) is 0 Å². The highest BCUT2D eigenvalue weighted by Crippen LogP contribution is 2.43. The largest absolute Gasteiger partial charge is 0.377 e. The molecule has 1 spiro atoms. The van der Waals surface area contributed by atoms with Crippen LogP contribution in [0.25, 0.3) is 0 Å². The van der Waals surface area contributed by atoms with Crippen LogP contribution in [0, 0.1) is 0 Å². The van der Waals surface area contributed by atoms with Gasteiger partial charge in [-0.25, -0.2) is 0 Å². The van der Waals surface area contributed by atoms with E-state index >= 15 is 0 Å². The Bertz CT molecular complexity index is 247. The maximum Gasteiger partial charge on any atom is 0.0817 e. The van der Waals surface area contributed by atoms with Gasteiger partial charge in [0.1, 0.15) is 0 Å². The molecule has 0 radical (unpaired) electrons. The van der Waals surface area contributed by atoms with Crippen molar-refractivity contribution in [3.63, 3.8) is 0 Å². The smallest absolute Gasteiger partial charge is 0.0817 e. The standard InChI is InChI=1S/C14H27NO2/c1-3-13(2,15)11-16-10-12-6-9-14(17-12)7-4-5-8-14/h12H,3-11,15H2,1-2H3. The molecule has 2 rings (SSSR count). The fourth-order valence-electron chi connectivity index (χ4n) is 2.93. The highest BCUT2D eigenvalue weighted by Gasteiger charge is 2.42. The first-order valence-electron chi connectivity index (χ1n) is 7.10. The van der Waals surface area contributed by atoms with Crippen LogP contribution in [0.5, 0.6) is 0 Å². The molecule has 1 saturated carbocycles. The predicted molar refractivity (Wildman–Crippen MR) is 69.0 cm³/mol. The molecule has 0 aromatic heterocycles. The van der Waals surface area contributed by atoms with Gasteiger partial charge in [-0.3, -0.25) is 0 Å². The van der Waals surface area contributed by atoms with Crippen molar-refractivity contribution in [2.45, 2.75) is 76.0 Å². The average Bonchev–Trinajstić information content (AvgIpc) is 2.90. The minimum absolute atomic E-state index is 0.191. The summed E-state index contributed by atoms with van der Waals surface area (Å²) in [5, 5.41) is 0. The molecule has 17 heavy (non-hydrogen) atoms. The number of nitrogens with two attached hydrogens (primary N) is 1. The lowest BCUT2D eigenvalue weighted by Gasteiger charge is -2.25. The molecule has 1 aliphatic carbocycles. The van der Waals surface area contributed by atoms with Gasteiger partial charge >= 0.3 is 0 Å². The maximum atomic E-state index is 6.19. The Hall–Kier alpha value is -0.120. The molecule has 0 aromatic carbocycles. The van der Waals surface area contributed by atoms with Gasteiger partial charge in [0.25, 0.3) is 0 Å². The van der Waals surface area contributed by atoms with Crippen molar-refractivity contribution in [2.24, 2.45) is 5.73 Å². The Morgan fingerprint density at radius 2 is 2.06 bits per heavy atom. The third kappa shape index (κ3) is 3.43. The summed E-state index contributed by atoms with van der Waals surface area (Å²) in [6.45, 7) is 5.49.